The molecule has 0 heterocycles. The molecule has 3 N–H and O–H groups in total. The predicted molar refractivity (Wildman–Crippen MR) is 44.9 cm³/mol. The van der Waals surface area contributed by atoms with E-state index in [1.54, 1.807) is 0 Å². The molecule has 0 fully saturated rings. The zero-order valence-corrected chi connectivity index (χ0v) is 10.4. The van der Waals surface area contributed by atoms with Gasteiger partial charge in [0.15, 0.2) is 0 Å². The summed E-state index contributed by atoms with van der Waals surface area (Å²) in [6.07, 6.45) is 0. The van der Waals surface area contributed by atoms with Gasteiger partial charge in [0.2, 0.25) is 0 Å². The van der Waals surface area contributed by atoms with Crippen LogP contribution in [0.5, 0.6) is 0 Å². The molecule has 0 bridgehead atoms. The molecule has 0 saturated carbocycles. The van der Waals surface area contributed by atoms with Crippen LogP contribution in [0, 0.1) is 0 Å². The molecule has 0 aromatic carbocycles. The van der Waals surface area contributed by atoms with Gasteiger partial charge < -0.3 is 0 Å². The SMILES string of the molecule is CC[Si](CC)(CC)[O][Ti]([OH])([OH])[OH]. The molecule has 6 heteroatoms. The molecule has 0 aliphatic carbocycles. The summed E-state index contributed by atoms with van der Waals surface area (Å²) in [5, 5.41) is 0. The topological polar surface area (TPSA) is 69.9 Å². The Kier molecular flexibility index (Phi) is 5.17. The van der Waals surface area contributed by atoms with Gasteiger partial charge in [0.25, 0.3) is 0 Å². The Labute approximate surface area is 79.6 Å². The van der Waals surface area contributed by atoms with Crippen LogP contribution in [0.4, 0.5) is 0 Å². The average molecular weight is 230 g/mol. The maximum absolute atomic E-state index is 8.86. The average Bonchev–Trinajstić information content (AvgIpc) is 1.99. The first-order valence-electron chi connectivity index (χ1n) is 4.26. The van der Waals surface area contributed by atoms with Gasteiger partial charge in [-0.15, -0.1) is 0 Å². The van der Waals surface area contributed by atoms with Crippen LogP contribution in [-0.2, 0) is 21.1 Å². The molecule has 12 heavy (non-hydrogen) atoms. The van der Waals surface area contributed by atoms with E-state index in [-0.39, 0.29) is 0 Å². The second-order valence-corrected chi connectivity index (χ2v) is 10.4. The van der Waals surface area contributed by atoms with Crippen LogP contribution in [-0.4, -0.2) is 19.4 Å². The van der Waals surface area contributed by atoms with E-state index in [4.69, 9.17) is 14.1 Å². The second kappa shape index (κ2) is 4.86. The molecule has 0 rings (SSSR count). The van der Waals surface area contributed by atoms with Crippen molar-refractivity contribution in [1.82, 2.24) is 0 Å². The summed E-state index contributed by atoms with van der Waals surface area (Å²) >= 11 is -4.76. The van der Waals surface area contributed by atoms with E-state index in [2.05, 4.69) is 0 Å². The first-order chi connectivity index (χ1) is 5.39. The summed E-state index contributed by atoms with van der Waals surface area (Å²) in [4.78, 5) is 0. The third-order valence-corrected chi connectivity index (χ3v) is 10.2. The second-order valence-electron chi connectivity index (χ2n) is 2.92. The summed E-state index contributed by atoms with van der Waals surface area (Å²) in [5.74, 6) is 0. The Balaban J connectivity index is 4.30. The molecule has 74 valence electrons. The van der Waals surface area contributed by atoms with Crippen molar-refractivity contribution in [2.45, 2.75) is 38.9 Å². The maximum atomic E-state index is 8.86. The minimum absolute atomic E-state index is 0.814. The Morgan fingerprint density at radius 3 is 1.42 bits per heavy atom. The zero-order chi connectivity index (χ0) is 9.83. The molecule has 0 radical (unpaired) electrons. The van der Waals surface area contributed by atoms with Crippen LogP contribution < -0.4 is 0 Å². The standard InChI is InChI=1S/C6H15OSi.3H2O.Ti/c1-4-8(7,5-2)6-3;;;;/h4-6H2,1-3H3;3*1H2;/q-1;;;;+4/p-3. The van der Waals surface area contributed by atoms with Gasteiger partial charge in [0.05, 0.1) is 0 Å². The summed E-state index contributed by atoms with van der Waals surface area (Å²) in [7, 11) is -2.02. The van der Waals surface area contributed by atoms with E-state index >= 15 is 0 Å². The van der Waals surface area contributed by atoms with Gasteiger partial charge in [-0.3, -0.25) is 0 Å². The molecular weight excluding hydrogens is 212 g/mol. The van der Waals surface area contributed by atoms with Gasteiger partial charge in [-0.2, -0.15) is 0 Å². The fourth-order valence-electron chi connectivity index (χ4n) is 1.26. The molecule has 0 unspecified atom stereocenters. The monoisotopic (exact) mass is 230 g/mol. The van der Waals surface area contributed by atoms with Crippen LogP contribution in [0.15, 0.2) is 0 Å². The quantitative estimate of drug-likeness (QED) is 0.611. The Hall–Kier alpha value is 0.771. The van der Waals surface area contributed by atoms with Crippen molar-refractivity contribution in [2.24, 2.45) is 0 Å². The van der Waals surface area contributed by atoms with Gasteiger partial charge in [-0.05, 0) is 0 Å². The van der Waals surface area contributed by atoms with E-state index in [9.17, 15) is 0 Å². The molecular formula is C6H18O4SiTi. The van der Waals surface area contributed by atoms with Crippen molar-refractivity contribution in [3.63, 3.8) is 0 Å². The van der Waals surface area contributed by atoms with E-state index in [1.165, 1.54) is 0 Å². The molecule has 4 nitrogen and oxygen atoms in total. The normalized spacial score (nSPS) is 13.5. The summed E-state index contributed by atoms with van der Waals surface area (Å²) in [5.41, 5.74) is 0. The Bertz CT molecular complexity index is 124. The third-order valence-electron chi connectivity index (χ3n) is 2.29. The van der Waals surface area contributed by atoms with Crippen LogP contribution >= 0.6 is 0 Å². The van der Waals surface area contributed by atoms with Gasteiger partial charge in [0.1, 0.15) is 0 Å². The molecule has 0 spiro atoms. The summed E-state index contributed by atoms with van der Waals surface area (Å²) in [6.45, 7) is 5.90. The number of hydrogen-bond donors (Lipinski definition) is 3. The Morgan fingerprint density at radius 1 is 1.00 bits per heavy atom. The van der Waals surface area contributed by atoms with Crippen LogP contribution in [0.3, 0.4) is 0 Å². The first kappa shape index (κ1) is 12.8. The van der Waals surface area contributed by atoms with Crippen LogP contribution in [0.25, 0.3) is 0 Å². The van der Waals surface area contributed by atoms with E-state index in [1.807, 2.05) is 20.8 Å². The first-order valence-corrected chi connectivity index (χ1v) is 9.52. The fraction of sp³-hybridized carbons (Fsp3) is 1.00. The van der Waals surface area contributed by atoms with Crippen molar-refractivity contribution < 1.29 is 32.2 Å². The van der Waals surface area contributed by atoms with Gasteiger partial charge in [-0.1, -0.05) is 0 Å². The van der Waals surface area contributed by atoms with Crippen molar-refractivity contribution in [3.8, 4) is 0 Å². The fourth-order valence-corrected chi connectivity index (χ4v) is 8.52. The van der Waals surface area contributed by atoms with Crippen molar-refractivity contribution >= 4 is 8.32 Å². The van der Waals surface area contributed by atoms with Crippen LogP contribution in [0.1, 0.15) is 20.8 Å². The summed E-state index contributed by atoms with van der Waals surface area (Å²) < 4.78 is 31.6. The van der Waals surface area contributed by atoms with E-state index < -0.39 is 26.5 Å². The zero-order valence-electron chi connectivity index (χ0n) is 7.87. The molecule has 0 aliphatic heterocycles. The van der Waals surface area contributed by atoms with Gasteiger partial charge >= 0.3 is 79.4 Å². The molecule has 0 aromatic heterocycles. The van der Waals surface area contributed by atoms with E-state index in [0.717, 1.165) is 18.1 Å². The van der Waals surface area contributed by atoms with Crippen LogP contribution in [0.2, 0.25) is 18.1 Å². The molecule has 0 aliphatic rings. The molecule has 0 amide bonds. The van der Waals surface area contributed by atoms with Crippen molar-refractivity contribution in [3.05, 3.63) is 0 Å². The van der Waals surface area contributed by atoms with Crippen molar-refractivity contribution in [1.29, 1.82) is 0 Å². The van der Waals surface area contributed by atoms with Gasteiger partial charge in [0, 0.05) is 0 Å². The number of hydrogen-bond acceptors (Lipinski definition) is 4. The van der Waals surface area contributed by atoms with Gasteiger partial charge in [-0.25, -0.2) is 0 Å². The molecule has 0 atom stereocenters. The van der Waals surface area contributed by atoms with Crippen molar-refractivity contribution in [2.75, 3.05) is 0 Å². The molecule has 0 saturated heterocycles. The minimum atomic E-state index is -4.76. The summed E-state index contributed by atoms with van der Waals surface area (Å²) in [6, 6.07) is 2.44. The Morgan fingerprint density at radius 2 is 1.33 bits per heavy atom. The third kappa shape index (κ3) is 4.13. The van der Waals surface area contributed by atoms with E-state index in [0.29, 0.717) is 0 Å². The molecule has 0 aromatic rings. The number of rotatable bonds is 5. The predicted octanol–water partition coefficient (Wildman–Crippen LogP) is 0.799.